The van der Waals surface area contributed by atoms with E-state index in [2.05, 4.69) is 35.8 Å². The van der Waals surface area contributed by atoms with Crippen LogP contribution in [0.3, 0.4) is 0 Å². The van der Waals surface area contributed by atoms with Gasteiger partial charge in [0.15, 0.2) is 0 Å². The third-order valence-corrected chi connectivity index (χ3v) is 1.45. The summed E-state index contributed by atoms with van der Waals surface area (Å²) in [5.74, 6) is 0.624. The highest BCUT2D eigenvalue weighted by Gasteiger charge is 2.08. The summed E-state index contributed by atoms with van der Waals surface area (Å²) in [6.45, 7) is 8.55. The molecule has 0 radical (unpaired) electrons. The van der Waals surface area contributed by atoms with Crippen molar-refractivity contribution in [1.82, 2.24) is 5.32 Å². The molecule has 14 heavy (non-hydrogen) atoms. The average molecular weight is 200 g/mol. The number of methoxy groups -OCH3 is 1. The van der Waals surface area contributed by atoms with Gasteiger partial charge in [0.05, 0.1) is 25.9 Å². The van der Waals surface area contributed by atoms with E-state index in [-0.39, 0.29) is 11.5 Å². The fourth-order valence-electron chi connectivity index (χ4n) is 0.999. The molecule has 0 atom stereocenters. The predicted octanol–water partition coefficient (Wildman–Crippen LogP) is 1.36. The summed E-state index contributed by atoms with van der Waals surface area (Å²) in [6, 6.07) is 0. The number of hydrogen-bond donors (Lipinski definition) is 1. The summed E-state index contributed by atoms with van der Waals surface area (Å²) < 4.78 is 4.50. The number of aliphatic imine (C=N–C) groups is 1. The van der Waals surface area contributed by atoms with E-state index in [1.807, 2.05) is 6.92 Å². The second kappa shape index (κ2) is 5.62. The van der Waals surface area contributed by atoms with Gasteiger partial charge in [-0.1, -0.05) is 0 Å². The van der Waals surface area contributed by atoms with Gasteiger partial charge in [-0.3, -0.25) is 9.79 Å². The van der Waals surface area contributed by atoms with Gasteiger partial charge in [0, 0.05) is 5.54 Å². The molecule has 0 saturated heterocycles. The first-order valence-electron chi connectivity index (χ1n) is 4.71. The van der Waals surface area contributed by atoms with Gasteiger partial charge in [0.25, 0.3) is 0 Å². The van der Waals surface area contributed by atoms with Crippen LogP contribution < -0.4 is 5.32 Å². The van der Waals surface area contributed by atoms with Crippen molar-refractivity contribution in [2.24, 2.45) is 4.99 Å². The van der Waals surface area contributed by atoms with E-state index in [0.717, 1.165) is 5.84 Å². The molecule has 0 bridgehead atoms. The van der Waals surface area contributed by atoms with Gasteiger partial charge in [0.2, 0.25) is 0 Å². The van der Waals surface area contributed by atoms with E-state index in [1.165, 1.54) is 7.11 Å². The van der Waals surface area contributed by atoms with Crippen LogP contribution in [0.25, 0.3) is 0 Å². The third kappa shape index (κ3) is 7.58. The monoisotopic (exact) mass is 200 g/mol. The highest BCUT2D eigenvalue weighted by molar-refractivity contribution is 5.80. The lowest BCUT2D eigenvalue weighted by Gasteiger charge is -2.21. The zero-order chi connectivity index (χ0) is 11.2. The Bertz CT molecular complexity index is 217. The van der Waals surface area contributed by atoms with E-state index < -0.39 is 0 Å². The molecule has 0 aliphatic rings. The summed E-state index contributed by atoms with van der Waals surface area (Å²) in [4.78, 5) is 15.0. The summed E-state index contributed by atoms with van der Waals surface area (Å²) in [5.41, 5.74) is 0.0127. The van der Waals surface area contributed by atoms with Crippen molar-refractivity contribution in [3.05, 3.63) is 0 Å². The number of nitrogens with zero attached hydrogens (tertiary/aromatic N) is 1. The van der Waals surface area contributed by atoms with Crippen molar-refractivity contribution >= 4 is 11.8 Å². The normalized spacial score (nSPS) is 12.5. The first-order valence-corrected chi connectivity index (χ1v) is 4.71. The molecule has 0 aromatic carbocycles. The van der Waals surface area contributed by atoms with Crippen LogP contribution in [0.2, 0.25) is 0 Å². The maximum atomic E-state index is 10.8. The topological polar surface area (TPSA) is 50.7 Å². The Hall–Kier alpha value is -1.06. The Kier molecular flexibility index (Phi) is 5.20. The standard InChI is InChI=1S/C10H20N2O2/c1-8(12-10(2,3)4)11-7-6-9(13)14-5/h6-7H2,1-5H3,(H,11,12). The first-order chi connectivity index (χ1) is 6.35. The minimum Gasteiger partial charge on any atom is -0.469 e. The number of hydrogen-bond acceptors (Lipinski definition) is 3. The van der Waals surface area contributed by atoms with Crippen LogP contribution in [0.1, 0.15) is 34.1 Å². The predicted molar refractivity (Wildman–Crippen MR) is 57.5 cm³/mol. The summed E-state index contributed by atoms with van der Waals surface area (Å²) in [5, 5.41) is 3.21. The highest BCUT2D eigenvalue weighted by atomic mass is 16.5. The van der Waals surface area contributed by atoms with Crippen LogP contribution in [0, 0.1) is 0 Å². The molecular weight excluding hydrogens is 180 g/mol. The average Bonchev–Trinajstić information content (AvgIpc) is 2.00. The molecular formula is C10H20N2O2. The van der Waals surface area contributed by atoms with Crippen molar-refractivity contribution in [2.45, 2.75) is 39.7 Å². The minimum absolute atomic E-state index is 0.0127. The van der Waals surface area contributed by atoms with Gasteiger partial charge in [0.1, 0.15) is 0 Å². The summed E-state index contributed by atoms with van der Waals surface area (Å²) >= 11 is 0. The fourth-order valence-corrected chi connectivity index (χ4v) is 0.999. The number of carbonyl (C=O) groups is 1. The first kappa shape index (κ1) is 12.9. The largest absolute Gasteiger partial charge is 0.469 e. The fraction of sp³-hybridized carbons (Fsp3) is 0.800. The molecule has 0 spiro atoms. The van der Waals surface area contributed by atoms with E-state index >= 15 is 0 Å². The van der Waals surface area contributed by atoms with Crippen molar-refractivity contribution in [1.29, 1.82) is 0 Å². The van der Waals surface area contributed by atoms with Crippen LogP contribution >= 0.6 is 0 Å². The molecule has 0 amide bonds. The molecule has 0 aromatic rings. The van der Waals surface area contributed by atoms with Gasteiger partial charge >= 0.3 is 5.97 Å². The number of nitrogens with one attached hydrogen (secondary N) is 1. The van der Waals surface area contributed by atoms with E-state index in [1.54, 1.807) is 0 Å². The molecule has 0 saturated carbocycles. The Morgan fingerprint density at radius 1 is 1.43 bits per heavy atom. The number of ether oxygens (including phenoxy) is 1. The van der Waals surface area contributed by atoms with Crippen LogP contribution in [-0.2, 0) is 9.53 Å². The summed E-state index contributed by atoms with van der Waals surface area (Å²) in [7, 11) is 1.38. The molecule has 4 heteroatoms. The smallest absolute Gasteiger partial charge is 0.307 e. The molecule has 0 rings (SSSR count). The summed E-state index contributed by atoms with van der Waals surface area (Å²) in [6.07, 6.45) is 0.333. The van der Waals surface area contributed by atoms with Crippen molar-refractivity contribution in [3.8, 4) is 0 Å². The second-order valence-corrected chi connectivity index (χ2v) is 4.17. The third-order valence-electron chi connectivity index (χ3n) is 1.45. The van der Waals surface area contributed by atoms with Crippen LogP contribution in [-0.4, -0.2) is 31.0 Å². The lowest BCUT2D eigenvalue weighted by Crippen LogP contribution is -2.39. The number of rotatable bonds is 3. The van der Waals surface area contributed by atoms with Crippen LogP contribution in [0.4, 0.5) is 0 Å². The Morgan fingerprint density at radius 2 is 2.00 bits per heavy atom. The maximum Gasteiger partial charge on any atom is 0.307 e. The van der Waals surface area contributed by atoms with Gasteiger partial charge in [-0.2, -0.15) is 0 Å². The van der Waals surface area contributed by atoms with Gasteiger partial charge in [-0.05, 0) is 27.7 Å². The van der Waals surface area contributed by atoms with Crippen LogP contribution in [0.15, 0.2) is 4.99 Å². The molecule has 82 valence electrons. The van der Waals surface area contributed by atoms with Crippen molar-refractivity contribution in [3.63, 3.8) is 0 Å². The zero-order valence-electron chi connectivity index (χ0n) is 9.68. The lowest BCUT2D eigenvalue weighted by atomic mass is 10.1. The van der Waals surface area contributed by atoms with E-state index in [0.29, 0.717) is 13.0 Å². The molecule has 0 unspecified atom stereocenters. The van der Waals surface area contributed by atoms with E-state index in [9.17, 15) is 4.79 Å². The van der Waals surface area contributed by atoms with Gasteiger partial charge in [-0.25, -0.2) is 0 Å². The molecule has 0 fully saturated rings. The van der Waals surface area contributed by atoms with Gasteiger partial charge < -0.3 is 10.1 Å². The lowest BCUT2D eigenvalue weighted by molar-refractivity contribution is -0.140. The number of amidine groups is 1. The van der Waals surface area contributed by atoms with E-state index in [4.69, 9.17) is 0 Å². The highest BCUT2D eigenvalue weighted by Crippen LogP contribution is 1.98. The molecule has 1 N–H and O–H groups in total. The Balaban J connectivity index is 3.83. The second-order valence-electron chi connectivity index (χ2n) is 4.17. The number of carbonyl (C=O) groups excluding carboxylic acids is 1. The van der Waals surface area contributed by atoms with Crippen LogP contribution in [0.5, 0.6) is 0 Å². The minimum atomic E-state index is -0.225. The maximum absolute atomic E-state index is 10.8. The van der Waals surface area contributed by atoms with Crippen molar-refractivity contribution in [2.75, 3.05) is 13.7 Å². The molecule has 4 nitrogen and oxygen atoms in total. The SMILES string of the molecule is COC(=O)CCN=C(C)NC(C)(C)C. The molecule has 0 aliphatic carbocycles. The van der Waals surface area contributed by atoms with Gasteiger partial charge in [-0.15, -0.1) is 0 Å². The molecule has 0 aliphatic heterocycles. The molecule has 0 heterocycles. The van der Waals surface area contributed by atoms with Crippen molar-refractivity contribution < 1.29 is 9.53 Å². The zero-order valence-corrected chi connectivity index (χ0v) is 9.68. The Morgan fingerprint density at radius 3 is 2.43 bits per heavy atom. The molecule has 0 aromatic heterocycles. The quantitative estimate of drug-likeness (QED) is 0.425. The Labute approximate surface area is 85.7 Å². The number of esters is 1.